The molecule has 1 aromatic rings. The van der Waals surface area contributed by atoms with Crippen LogP contribution in [0.15, 0.2) is 18.3 Å². The molecule has 0 radical (unpaired) electrons. The third kappa shape index (κ3) is 3.79. The predicted octanol–water partition coefficient (Wildman–Crippen LogP) is 2.21. The van der Waals surface area contributed by atoms with Crippen molar-refractivity contribution in [3.63, 3.8) is 0 Å². The first kappa shape index (κ1) is 13.5. The number of hydrogen-bond donors (Lipinski definition) is 1. The molecule has 2 atom stereocenters. The van der Waals surface area contributed by atoms with Crippen LogP contribution in [-0.2, 0) is 6.54 Å². The van der Waals surface area contributed by atoms with E-state index >= 15 is 0 Å². The zero-order valence-corrected chi connectivity index (χ0v) is 11.8. The molecule has 1 aromatic heterocycles. The van der Waals surface area contributed by atoms with Crippen LogP contribution in [0.5, 0.6) is 0 Å². The van der Waals surface area contributed by atoms with E-state index in [1.807, 2.05) is 13.1 Å². The summed E-state index contributed by atoms with van der Waals surface area (Å²) in [6.45, 7) is 7.74. The van der Waals surface area contributed by atoms with Crippen molar-refractivity contribution in [2.75, 3.05) is 20.1 Å². The highest BCUT2D eigenvalue weighted by atomic mass is 15.1. The number of rotatable bonds is 4. The summed E-state index contributed by atoms with van der Waals surface area (Å²) in [5.41, 5.74) is 2.36. The zero-order valence-electron chi connectivity index (χ0n) is 11.8. The molecule has 0 spiro atoms. The summed E-state index contributed by atoms with van der Waals surface area (Å²) < 4.78 is 0. The minimum absolute atomic E-state index is 0.578. The maximum atomic E-state index is 4.33. The molecule has 0 aromatic carbocycles. The Morgan fingerprint density at radius 3 is 3.00 bits per heavy atom. The molecule has 0 aliphatic carbocycles. The Morgan fingerprint density at radius 2 is 2.33 bits per heavy atom. The normalized spacial score (nSPS) is 22.9. The molecular formula is C15H25N3. The molecule has 1 aliphatic rings. The van der Waals surface area contributed by atoms with Gasteiger partial charge in [-0.15, -0.1) is 0 Å². The Bertz CT molecular complexity index is 361. The monoisotopic (exact) mass is 247 g/mol. The van der Waals surface area contributed by atoms with Gasteiger partial charge in [0.1, 0.15) is 0 Å². The topological polar surface area (TPSA) is 28.2 Å². The second-order valence-corrected chi connectivity index (χ2v) is 5.64. The minimum atomic E-state index is 0.578. The highest BCUT2D eigenvalue weighted by Gasteiger charge is 2.22. The van der Waals surface area contributed by atoms with Crippen molar-refractivity contribution in [3.8, 4) is 0 Å². The van der Waals surface area contributed by atoms with Crippen molar-refractivity contribution in [1.82, 2.24) is 15.2 Å². The Labute approximate surface area is 111 Å². The highest BCUT2D eigenvalue weighted by Crippen LogP contribution is 2.18. The molecule has 0 amide bonds. The van der Waals surface area contributed by atoms with Gasteiger partial charge in [0.25, 0.3) is 0 Å². The second-order valence-electron chi connectivity index (χ2n) is 5.64. The van der Waals surface area contributed by atoms with Gasteiger partial charge >= 0.3 is 0 Å². The lowest BCUT2D eigenvalue weighted by Gasteiger charge is -2.34. The van der Waals surface area contributed by atoms with E-state index < -0.39 is 0 Å². The second kappa shape index (κ2) is 6.30. The van der Waals surface area contributed by atoms with Crippen molar-refractivity contribution in [3.05, 3.63) is 29.6 Å². The van der Waals surface area contributed by atoms with Crippen LogP contribution in [0.1, 0.15) is 31.0 Å². The fourth-order valence-corrected chi connectivity index (χ4v) is 2.66. The number of piperidine rings is 1. The van der Waals surface area contributed by atoms with Gasteiger partial charge in [0, 0.05) is 31.0 Å². The van der Waals surface area contributed by atoms with Crippen molar-refractivity contribution in [1.29, 1.82) is 0 Å². The third-order valence-electron chi connectivity index (χ3n) is 3.97. The summed E-state index contributed by atoms with van der Waals surface area (Å²) in [5.74, 6) is 0.780. The van der Waals surface area contributed by atoms with Gasteiger partial charge < -0.3 is 10.2 Å². The fraction of sp³-hybridized carbons (Fsp3) is 0.667. The van der Waals surface area contributed by atoms with Crippen LogP contribution in [0.3, 0.4) is 0 Å². The van der Waals surface area contributed by atoms with Crippen molar-refractivity contribution >= 4 is 0 Å². The highest BCUT2D eigenvalue weighted by molar-refractivity contribution is 5.12. The number of nitrogens with one attached hydrogen (secondary N) is 1. The summed E-state index contributed by atoms with van der Waals surface area (Å²) in [6.07, 6.45) is 4.66. The summed E-state index contributed by atoms with van der Waals surface area (Å²) in [5, 5.41) is 3.64. The largest absolute Gasteiger partial charge is 0.310 e. The van der Waals surface area contributed by atoms with Crippen molar-refractivity contribution in [2.24, 2.45) is 5.92 Å². The number of aryl methyl sites for hydroxylation is 1. The minimum Gasteiger partial charge on any atom is -0.310 e. The number of nitrogens with zero attached hydrogens (tertiary/aromatic N) is 2. The SMILES string of the molecule is Cc1ccc(CNC(C)C2CCCN(C)C2)cn1. The van der Waals surface area contributed by atoms with Gasteiger partial charge in [-0.2, -0.15) is 0 Å². The zero-order chi connectivity index (χ0) is 13.0. The van der Waals surface area contributed by atoms with E-state index in [0.717, 1.165) is 18.2 Å². The molecule has 1 fully saturated rings. The molecule has 2 unspecified atom stereocenters. The molecular weight excluding hydrogens is 222 g/mol. The standard InChI is InChI=1S/C15H25N3/c1-12-6-7-14(9-16-12)10-17-13(2)15-5-4-8-18(3)11-15/h6-7,9,13,15,17H,4-5,8,10-11H2,1-3H3. The molecule has 3 nitrogen and oxygen atoms in total. The average molecular weight is 247 g/mol. The van der Waals surface area contributed by atoms with E-state index in [4.69, 9.17) is 0 Å². The maximum absolute atomic E-state index is 4.33. The van der Waals surface area contributed by atoms with E-state index in [1.165, 1.54) is 31.5 Å². The Morgan fingerprint density at radius 1 is 1.50 bits per heavy atom. The molecule has 2 heterocycles. The average Bonchev–Trinajstić information content (AvgIpc) is 2.38. The van der Waals surface area contributed by atoms with Gasteiger partial charge in [0.15, 0.2) is 0 Å². The molecule has 0 saturated carbocycles. The summed E-state index contributed by atoms with van der Waals surface area (Å²) in [6, 6.07) is 4.82. The first-order valence-corrected chi connectivity index (χ1v) is 6.98. The van der Waals surface area contributed by atoms with E-state index in [0.29, 0.717) is 6.04 Å². The van der Waals surface area contributed by atoms with Crippen LogP contribution < -0.4 is 5.32 Å². The maximum Gasteiger partial charge on any atom is 0.0372 e. The van der Waals surface area contributed by atoms with Crippen molar-refractivity contribution < 1.29 is 0 Å². The first-order valence-electron chi connectivity index (χ1n) is 6.98. The molecule has 1 saturated heterocycles. The lowest BCUT2D eigenvalue weighted by molar-refractivity contribution is 0.178. The van der Waals surface area contributed by atoms with Gasteiger partial charge in [-0.05, 0) is 57.8 Å². The molecule has 18 heavy (non-hydrogen) atoms. The summed E-state index contributed by atoms with van der Waals surface area (Å²) in [4.78, 5) is 6.78. The molecule has 100 valence electrons. The number of likely N-dealkylation sites (tertiary alicyclic amines) is 1. The summed E-state index contributed by atoms with van der Waals surface area (Å²) in [7, 11) is 2.22. The molecule has 1 aliphatic heterocycles. The van der Waals surface area contributed by atoms with Crippen LogP contribution in [0.25, 0.3) is 0 Å². The van der Waals surface area contributed by atoms with E-state index in [1.54, 1.807) is 0 Å². The predicted molar refractivity (Wildman–Crippen MR) is 75.5 cm³/mol. The number of pyridine rings is 1. The molecule has 3 heteroatoms. The third-order valence-corrected chi connectivity index (χ3v) is 3.97. The molecule has 0 bridgehead atoms. The van der Waals surface area contributed by atoms with Gasteiger partial charge in [-0.1, -0.05) is 6.07 Å². The van der Waals surface area contributed by atoms with Gasteiger partial charge in [0.05, 0.1) is 0 Å². The Hall–Kier alpha value is -0.930. The van der Waals surface area contributed by atoms with E-state index in [9.17, 15) is 0 Å². The summed E-state index contributed by atoms with van der Waals surface area (Å²) >= 11 is 0. The van der Waals surface area contributed by atoms with E-state index in [2.05, 4.69) is 41.3 Å². The first-order chi connectivity index (χ1) is 8.65. The van der Waals surface area contributed by atoms with E-state index in [-0.39, 0.29) is 0 Å². The smallest absolute Gasteiger partial charge is 0.0372 e. The molecule has 1 N–H and O–H groups in total. The van der Waals surface area contributed by atoms with Crippen LogP contribution in [0, 0.1) is 12.8 Å². The lowest BCUT2D eigenvalue weighted by atomic mass is 9.92. The van der Waals surface area contributed by atoms with Crippen LogP contribution in [0.4, 0.5) is 0 Å². The fourth-order valence-electron chi connectivity index (χ4n) is 2.66. The van der Waals surface area contributed by atoms with Gasteiger partial charge in [0.2, 0.25) is 0 Å². The van der Waals surface area contributed by atoms with Crippen molar-refractivity contribution in [2.45, 2.75) is 39.3 Å². The Balaban J connectivity index is 1.80. The Kier molecular flexibility index (Phi) is 4.72. The number of hydrogen-bond acceptors (Lipinski definition) is 3. The lowest BCUT2D eigenvalue weighted by Crippen LogP contribution is -2.42. The van der Waals surface area contributed by atoms with Crippen LogP contribution in [0.2, 0.25) is 0 Å². The van der Waals surface area contributed by atoms with Crippen LogP contribution >= 0.6 is 0 Å². The van der Waals surface area contributed by atoms with Gasteiger partial charge in [-0.3, -0.25) is 4.98 Å². The van der Waals surface area contributed by atoms with Gasteiger partial charge in [-0.25, -0.2) is 0 Å². The quantitative estimate of drug-likeness (QED) is 0.884. The molecule has 2 rings (SSSR count). The van der Waals surface area contributed by atoms with Crippen LogP contribution in [-0.4, -0.2) is 36.1 Å². The number of aromatic nitrogens is 1.